The van der Waals surface area contributed by atoms with Crippen molar-refractivity contribution < 1.29 is 8.42 Å². The second-order valence-electron chi connectivity index (χ2n) is 7.67. The molecule has 2 rings (SSSR count). The molecule has 8 heteroatoms. The quantitative estimate of drug-likeness (QED) is 0.314. The number of aliphatic imine (C=N–C) groups is 1. The molecule has 2 aliphatic rings. The monoisotopic (exact) mass is 486 g/mol. The molecule has 1 heterocycles. The minimum atomic E-state index is -3.19. The first-order valence-electron chi connectivity index (χ1n) is 9.32. The van der Waals surface area contributed by atoms with Gasteiger partial charge in [0.1, 0.15) is 0 Å². The fourth-order valence-corrected chi connectivity index (χ4v) is 4.53. The number of sulfonamides is 1. The topological polar surface area (TPSA) is 73.8 Å². The Bertz CT molecular complexity index is 521. The average molecular weight is 486 g/mol. The molecule has 0 bridgehead atoms. The summed E-state index contributed by atoms with van der Waals surface area (Å²) in [4.78, 5) is 6.57. The minimum Gasteiger partial charge on any atom is -0.355 e. The predicted molar refractivity (Wildman–Crippen MR) is 115 cm³/mol. The third-order valence-electron chi connectivity index (χ3n) is 5.07. The van der Waals surface area contributed by atoms with Gasteiger partial charge in [0.15, 0.2) is 5.96 Å². The van der Waals surface area contributed by atoms with Crippen molar-refractivity contribution in [3.8, 4) is 0 Å². The number of likely N-dealkylation sites (tertiary alicyclic amines) is 1. The minimum absolute atomic E-state index is 0. The molecule has 0 aromatic rings. The molecule has 2 fully saturated rings. The smallest absolute Gasteiger partial charge is 0.213 e. The van der Waals surface area contributed by atoms with E-state index < -0.39 is 10.0 Å². The van der Waals surface area contributed by atoms with Crippen LogP contribution in [-0.4, -0.2) is 58.3 Å². The highest BCUT2D eigenvalue weighted by molar-refractivity contribution is 14.0. The molecule has 1 saturated heterocycles. The predicted octanol–water partition coefficient (Wildman–Crippen LogP) is 2.27. The number of nitrogens with one attached hydrogen (secondary N) is 2. The summed E-state index contributed by atoms with van der Waals surface area (Å²) in [6, 6.07) is 0. The summed E-state index contributed by atoms with van der Waals surface area (Å²) in [7, 11) is -1.43. The maximum atomic E-state index is 12.0. The zero-order valence-electron chi connectivity index (χ0n) is 15.8. The van der Waals surface area contributed by atoms with E-state index in [9.17, 15) is 8.42 Å². The molecular formula is C17H35IN4O2S. The van der Waals surface area contributed by atoms with Gasteiger partial charge in [0.25, 0.3) is 0 Å². The molecule has 1 unspecified atom stereocenters. The summed E-state index contributed by atoms with van der Waals surface area (Å²) in [5, 5.41) is 3.21. The van der Waals surface area contributed by atoms with Crippen molar-refractivity contribution in [3.63, 3.8) is 0 Å². The summed E-state index contributed by atoms with van der Waals surface area (Å²) in [6.07, 6.45) is 5.98. The zero-order valence-corrected chi connectivity index (χ0v) is 19.0. The summed E-state index contributed by atoms with van der Waals surface area (Å²) >= 11 is 0. The molecule has 6 nitrogen and oxygen atoms in total. The van der Waals surface area contributed by atoms with Crippen LogP contribution in [0.5, 0.6) is 0 Å². The van der Waals surface area contributed by atoms with Gasteiger partial charge in [-0.3, -0.25) is 4.99 Å². The van der Waals surface area contributed by atoms with Crippen LogP contribution in [0.2, 0.25) is 0 Å². The van der Waals surface area contributed by atoms with E-state index in [1.165, 1.54) is 19.3 Å². The normalized spacial score (nSPS) is 22.0. The van der Waals surface area contributed by atoms with Gasteiger partial charge in [-0.25, -0.2) is 13.1 Å². The highest BCUT2D eigenvalue weighted by atomic mass is 127. The van der Waals surface area contributed by atoms with E-state index in [0.29, 0.717) is 19.0 Å². The summed E-state index contributed by atoms with van der Waals surface area (Å²) in [5.74, 6) is 2.91. The SMILES string of the molecule is CN=C(NCCS(=O)(=O)NCC1CCC1)N1CCC(CC(C)C)C1.I. The molecule has 1 aliphatic heterocycles. The van der Waals surface area contributed by atoms with Crippen LogP contribution in [0.3, 0.4) is 0 Å². The number of hydrogen-bond acceptors (Lipinski definition) is 3. The van der Waals surface area contributed by atoms with Gasteiger partial charge >= 0.3 is 0 Å². The largest absolute Gasteiger partial charge is 0.355 e. The van der Waals surface area contributed by atoms with Gasteiger partial charge in [-0.15, -0.1) is 24.0 Å². The summed E-state index contributed by atoms with van der Waals surface area (Å²) in [5.41, 5.74) is 0. The Morgan fingerprint density at radius 1 is 1.24 bits per heavy atom. The first-order valence-corrected chi connectivity index (χ1v) is 11.0. The molecule has 25 heavy (non-hydrogen) atoms. The lowest BCUT2D eigenvalue weighted by Gasteiger charge is -2.25. The molecule has 1 aliphatic carbocycles. The maximum absolute atomic E-state index is 12.0. The van der Waals surface area contributed by atoms with Crippen molar-refractivity contribution in [2.24, 2.45) is 22.7 Å². The highest BCUT2D eigenvalue weighted by Gasteiger charge is 2.25. The van der Waals surface area contributed by atoms with E-state index in [2.05, 4.69) is 33.8 Å². The first kappa shape index (κ1) is 23.0. The van der Waals surface area contributed by atoms with Gasteiger partial charge in [0, 0.05) is 33.2 Å². The molecular weight excluding hydrogens is 451 g/mol. The fourth-order valence-electron chi connectivity index (χ4n) is 3.53. The number of rotatable bonds is 8. The van der Waals surface area contributed by atoms with Gasteiger partial charge in [-0.1, -0.05) is 20.3 Å². The van der Waals surface area contributed by atoms with Crippen LogP contribution in [0.4, 0.5) is 0 Å². The van der Waals surface area contributed by atoms with Crippen molar-refractivity contribution in [1.29, 1.82) is 0 Å². The maximum Gasteiger partial charge on any atom is 0.213 e. The van der Waals surface area contributed by atoms with Gasteiger partial charge in [0.05, 0.1) is 5.75 Å². The average Bonchev–Trinajstić information content (AvgIpc) is 2.89. The zero-order chi connectivity index (χ0) is 17.6. The van der Waals surface area contributed by atoms with E-state index >= 15 is 0 Å². The van der Waals surface area contributed by atoms with Crippen LogP contribution < -0.4 is 10.0 Å². The van der Waals surface area contributed by atoms with Gasteiger partial charge in [-0.05, 0) is 43.4 Å². The molecule has 0 aromatic carbocycles. The molecule has 148 valence electrons. The van der Waals surface area contributed by atoms with E-state index in [1.807, 2.05) is 0 Å². The Hall–Kier alpha value is -0.0900. The van der Waals surface area contributed by atoms with E-state index in [0.717, 1.165) is 43.7 Å². The van der Waals surface area contributed by atoms with Crippen LogP contribution in [0.15, 0.2) is 4.99 Å². The van der Waals surface area contributed by atoms with E-state index in [-0.39, 0.29) is 29.7 Å². The second-order valence-corrected chi connectivity index (χ2v) is 9.59. The van der Waals surface area contributed by atoms with Crippen LogP contribution in [0, 0.1) is 17.8 Å². The summed E-state index contributed by atoms with van der Waals surface area (Å²) in [6.45, 7) is 7.54. The summed E-state index contributed by atoms with van der Waals surface area (Å²) < 4.78 is 26.8. The molecule has 0 aromatic heterocycles. The second kappa shape index (κ2) is 10.9. The van der Waals surface area contributed by atoms with Crippen LogP contribution in [0.1, 0.15) is 46.0 Å². The third-order valence-corrected chi connectivity index (χ3v) is 6.42. The van der Waals surface area contributed by atoms with Gasteiger partial charge < -0.3 is 10.2 Å². The fraction of sp³-hybridized carbons (Fsp3) is 0.941. The number of hydrogen-bond donors (Lipinski definition) is 2. The van der Waals surface area contributed by atoms with E-state index in [1.54, 1.807) is 7.05 Å². The Morgan fingerprint density at radius 3 is 2.52 bits per heavy atom. The lowest BCUT2D eigenvalue weighted by molar-refractivity contribution is 0.316. The van der Waals surface area contributed by atoms with Crippen molar-refractivity contribution in [2.45, 2.75) is 46.0 Å². The van der Waals surface area contributed by atoms with Crippen molar-refractivity contribution in [1.82, 2.24) is 14.9 Å². The number of halogens is 1. The standard InChI is InChI=1S/C17H34N4O2S.HI/c1-14(2)11-16-7-9-21(13-16)17(18-3)19-8-10-24(22,23)20-12-15-5-4-6-15;/h14-16,20H,4-13H2,1-3H3,(H,18,19);1H. The van der Waals surface area contributed by atoms with Crippen LogP contribution >= 0.6 is 24.0 Å². The molecule has 1 saturated carbocycles. The Morgan fingerprint density at radius 2 is 1.96 bits per heavy atom. The number of nitrogens with zero attached hydrogens (tertiary/aromatic N) is 2. The van der Waals surface area contributed by atoms with Gasteiger partial charge in [-0.2, -0.15) is 0 Å². The van der Waals surface area contributed by atoms with Crippen molar-refractivity contribution in [2.75, 3.05) is 39.0 Å². The van der Waals surface area contributed by atoms with Crippen LogP contribution in [-0.2, 0) is 10.0 Å². The number of guanidine groups is 1. The Kier molecular flexibility index (Phi) is 10.0. The molecule has 1 atom stereocenters. The molecule has 0 spiro atoms. The Labute approximate surface area is 170 Å². The third kappa shape index (κ3) is 7.99. The first-order chi connectivity index (χ1) is 11.4. The molecule has 0 radical (unpaired) electrons. The lowest BCUT2D eigenvalue weighted by atomic mass is 9.86. The molecule has 2 N–H and O–H groups in total. The van der Waals surface area contributed by atoms with Crippen molar-refractivity contribution in [3.05, 3.63) is 0 Å². The Balaban J connectivity index is 0.00000312. The lowest BCUT2D eigenvalue weighted by Crippen LogP contribution is -2.43. The molecule has 0 amide bonds. The van der Waals surface area contributed by atoms with E-state index in [4.69, 9.17) is 0 Å². The highest BCUT2D eigenvalue weighted by Crippen LogP contribution is 2.25. The van der Waals surface area contributed by atoms with Crippen LogP contribution in [0.25, 0.3) is 0 Å². The van der Waals surface area contributed by atoms with Gasteiger partial charge in [0.2, 0.25) is 10.0 Å². The van der Waals surface area contributed by atoms with Crippen molar-refractivity contribution >= 4 is 40.0 Å².